The molecule has 0 spiro atoms. The van der Waals surface area contributed by atoms with Crippen molar-refractivity contribution in [3.63, 3.8) is 0 Å². The van der Waals surface area contributed by atoms with Crippen molar-refractivity contribution in [2.24, 2.45) is 0 Å². The van der Waals surface area contributed by atoms with Gasteiger partial charge in [-0.05, 0) is 56.7 Å². The summed E-state index contributed by atoms with van der Waals surface area (Å²) in [5.41, 5.74) is 0.532. The molecular formula is C22H27FN2O6S. The minimum absolute atomic E-state index is 0.0534. The third kappa shape index (κ3) is 6.51. The van der Waals surface area contributed by atoms with Crippen LogP contribution in [0.25, 0.3) is 0 Å². The van der Waals surface area contributed by atoms with Gasteiger partial charge >= 0.3 is 5.97 Å². The van der Waals surface area contributed by atoms with Crippen LogP contribution in [-0.2, 0) is 26.1 Å². The highest BCUT2D eigenvalue weighted by Gasteiger charge is 2.26. The van der Waals surface area contributed by atoms with Gasteiger partial charge in [-0.2, -0.15) is 0 Å². The normalized spacial score (nSPS) is 12.3. The van der Waals surface area contributed by atoms with E-state index in [0.717, 1.165) is 6.07 Å². The number of hydrogen-bond acceptors (Lipinski definition) is 6. The largest absolute Gasteiger partial charge is 0.495 e. The van der Waals surface area contributed by atoms with Crippen molar-refractivity contribution < 1.29 is 31.9 Å². The fourth-order valence-electron chi connectivity index (χ4n) is 2.96. The second-order valence-corrected chi connectivity index (χ2v) is 9.20. The molecule has 0 aliphatic rings. The van der Waals surface area contributed by atoms with Gasteiger partial charge < -0.3 is 14.4 Å². The van der Waals surface area contributed by atoms with E-state index in [2.05, 4.69) is 4.72 Å². The molecule has 0 saturated heterocycles. The molecule has 2 rings (SSSR count). The summed E-state index contributed by atoms with van der Waals surface area (Å²) >= 11 is 0. The SMILES string of the molecule is COc1ccc(C(=O)OC(C)C(=O)N(C)Cc2cccc(F)c2)cc1S(=O)(=O)NC(C)C. The van der Waals surface area contributed by atoms with Crippen molar-refractivity contribution >= 4 is 21.9 Å². The minimum atomic E-state index is -3.94. The first kappa shape index (κ1) is 25.3. The van der Waals surface area contributed by atoms with Gasteiger partial charge in [-0.15, -0.1) is 0 Å². The Hall–Kier alpha value is -2.98. The molecule has 0 aliphatic carbocycles. The summed E-state index contributed by atoms with van der Waals surface area (Å²) in [7, 11) is -1.12. The molecule has 174 valence electrons. The van der Waals surface area contributed by atoms with Crippen LogP contribution < -0.4 is 9.46 Å². The lowest BCUT2D eigenvalue weighted by Gasteiger charge is -2.22. The van der Waals surface area contributed by atoms with E-state index in [1.54, 1.807) is 19.9 Å². The standard InChI is InChI=1S/C22H27FN2O6S/c1-14(2)24-32(28,29)20-12-17(9-10-19(20)30-5)22(27)31-15(3)21(26)25(4)13-16-7-6-8-18(23)11-16/h6-12,14-15,24H,13H2,1-5H3. The Kier molecular flexibility index (Phi) is 8.34. The molecule has 2 aromatic rings. The second kappa shape index (κ2) is 10.6. The van der Waals surface area contributed by atoms with Gasteiger partial charge in [0.1, 0.15) is 16.5 Å². The number of rotatable bonds is 9. The van der Waals surface area contributed by atoms with Gasteiger partial charge in [0.15, 0.2) is 6.10 Å². The number of esters is 1. The molecule has 2 aromatic carbocycles. The molecule has 0 bridgehead atoms. The van der Waals surface area contributed by atoms with Crippen LogP contribution in [-0.4, -0.2) is 51.5 Å². The van der Waals surface area contributed by atoms with Crippen LogP contribution in [0.15, 0.2) is 47.4 Å². The lowest BCUT2D eigenvalue weighted by Crippen LogP contribution is -2.37. The Morgan fingerprint density at radius 2 is 1.81 bits per heavy atom. The molecule has 0 aromatic heterocycles. The van der Waals surface area contributed by atoms with Crippen molar-refractivity contribution in [1.29, 1.82) is 0 Å². The first-order chi connectivity index (χ1) is 14.9. The smallest absolute Gasteiger partial charge is 0.338 e. The van der Waals surface area contributed by atoms with E-state index in [9.17, 15) is 22.4 Å². The molecule has 8 nitrogen and oxygen atoms in total. The van der Waals surface area contributed by atoms with Crippen LogP contribution in [0, 0.1) is 5.82 Å². The van der Waals surface area contributed by atoms with Gasteiger partial charge in [-0.25, -0.2) is 22.3 Å². The number of nitrogens with zero attached hydrogens (tertiary/aromatic N) is 1. The monoisotopic (exact) mass is 466 g/mol. The van der Waals surface area contributed by atoms with Crippen LogP contribution in [0.3, 0.4) is 0 Å². The quantitative estimate of drug-likeness (QED) is 0.570. The first-order valence-corrected chi connectivity index (χ1v) is 11.3. The molecule has 0 radical (unpaired) electrons. The maximum absolute atomic E-state index is 13.3. The molecule has 10 heteroatoms. The van der Waals surface area contributed by atoms with Crippen molar-refractivity contribution in [3.8, 4) is 5.75 Å². The molecular weight excluding hydrogens is 439 g/mol. The maximum atomic E-state index is 13.3. The fraction of sp³-hybridized carbons (Fsp3) is 0.364. The summed E-state index contributed by atoms with van der Waals surface area (Å²) in [6.45, 7) is 4.86. The van der Waals surface area contributed by atoms with Gasteiger partial charge in [0, 0.05) is 19.6 Å². The van der Waals surface area contributed by atoms with E-state index < -0.39 is 33.8 Å². The zero-order valence-corrected chi connectivity index (χ0v) is 19.4. The van der Waals surface area contributed by atoms with Crippen molar-refractivity contribution in [3.05, 3.63) is 59.4 Å². The van der Waals surface area contributed by atoms with Crippen molar-refractivity contribution in [1.82, 2.24) is 9.62 Å². The first-order valence-electron chi connectivity index (χ1n) is 9.85. The fourth-order valence-corrected chi connectivity index (χ4v) is 4.41. The second-order valence-electron chi connectivity index (χ2n) is 7.51. The number of ether oxygens (including phenoxy) is 2. The summed E-state index contributed by atoms with van der Waals surface area (Å²) in [5, 5.41) is 0. The number of halogens is 1. The van der Waals surface area contributed by atoms with Crippen LogP contribution in [0.1, 0.15) is 36.7 Å². The molecule has 0 fully saturated rings. The number of carbonyl (C=O) groups is 2. The summed E-state index contributed by atoms with van der Waals surface area (Å²) < 4.78 is 51.3. The number of sulfonamides is 1. The number of methoxy groups -OCH3 is 1. The third-order valence-electron chi connectivity index (χ3n) is 4.40. The highest BCUT2D eigenvalue weighted by atomic mass is 32.2. The Bertz CT molecular complexity index is 1090. The predicted octanol–water partition coefficient (Wildman–Crippen LogP) is 2.72. The zero-order valence-electron chi connectivity index (χ0n) is 18.6. The Labute approximate surface area is 187 Å². The molecule has 1 N–H and O–H groups in total. The summed E-state index contributed by atoms with van der Waals surface area (Å²) in [6, 6.07) is 9.29. The van der Waals surface area contributed by atoms with E-state index in [1.807, 2.05) is 0 Å². The van der Waals surface area contributed by atoms with Crippen LogP contribution in [0.4, 0.5) is 4.39 Å². The number of likely N-dealkylation sites (N-methyl/N-ethyl adjacent to an activating group) is 1. The van der Waals surface area contributed by atoms with Crippen molar-refractivity contribution in [2.75, 3.05) is 14.2 Å². The van der Waals surface area contributed by atoms with Gasteiger partial charge in [-0.3, -0.25) is 4.79 Å². The number of hydrogen-bond donors (Lipinski definition) is 1. The van der Waals surface area contributed by atoms with E-state index in [-0.39, 0.29) is 28.8 Å². The Morgan fingerprint density at radius 1 is 1.12 bits per heavy atom. The topological polar surface area (TPSA) is 102 Å². The van der Waals surface area contributed by atoms with Crippen LogP contribution in [0.5, 0.6) is 5.75 Å². The third-order valence-corrected chi connectivity index (χ3v) is 6.08. The molecule has 0 saturated carbocycles. The van der Waals surface area contributed by atoms with Gasteiger partial charge in [-0.1, -0.05) is 12.1 Å². The molecule has 1 atom stereocenters. The van der Waals surface area contributed by atoms with Crippen LogP contribution >= 0.6 is 0 Å². The molecule has 1 amide bonds. The summed E-state index contributed by atoms with van der Waals surface area (Å²) in [4.78, 5) is 26.3. The average Bonchev–Trinajstić information content (AvgIpc) is 2.71. The lowest BCUT2D eigenvalue weighted by molar-refractivity contribution is -0.139. The van der Waals surface area contributed by atoms with E-state index >= 15 is 0 Å². The summed E-state index contributed by atoms with van der Waals surface area (Å²) in [5.74, 6) is -1.72. The number of benzene rings is 2. The maximum Gasteiger partial charge on any atom is 0.338 e. The predicted molar refractivity (Wildman–Crippen MR) is 116 cm³/mol. The molecule has 1 unspecified atom stereocenters. The number of carbonyl (C=O) groups excluding carboxylic acids is 2. The number of nitrogens with one attached hydrogen (secondary N) is 1. The van der Waals surface area contributed by atoms with Gasteiger partial charge in [0.25, 0.3) is 5.91 Å². The van der Waals surface area contributed by atoms with Crippen LogP contribution in [0.2, 0.25) is 0 Å². The molecule has 32 heavy (non-hydrogen) atoms. The highest BCUT2D eigenvalue weighted by molar-refractivity contribution is 7.89. The van der Waals surface area contributed by atoms with E-state index in [4.69, 9.17) is 9.47 Å². The minimum Gasteiger partial charge on any atom is -0.495 e. The molecule has 0 heterocycles. The Morgan fingerprint density at radius 3 is 2.41 bits per heavy atom. The van der Waals surface area contributed by atoms with E-state index in [1.165, 1.54) is 56.3 Å². The zero-order chi connectivity index (χ0) is 24.1. The van der Waals surface area contributed by atoms with E-state index in [0.29, 0.717) is 5.56 Å². The Balaban J connectivity index is 2.15. The molecule has 0 aliphatic heterocycles. The van der Waals surface area contributed by atoms with Gasteiger partial charge in [0.2, 0.25) is 10.0 Å². The van der Waals surface area contributed by atoms with Gasteiger partial charge in [0.05, 0.1) is 12.7 Å². The van der Waals surface area contributed by atoms with Crippen molar-refractivity contribution in [2.45, 2.75) is 44.4 Å². The average molecular weight is 467 g/mol. The lowest BCUT2D eigenvalue weighted by atomic mass is 10.2. The highest BCUT2D eigenvalue weighted by Crippen LogP contribution is 2.25. The summed E-state index contributed by atoms with van der Waals surface area (Å²) in [6.07, 6.45) is -1.14. The number of amides is 1.